The molecule has 2 aromatic carbocycles. The molecule has 5 nitrogen and oxygen atoms in total. The molecule has 1 N–H and O–H groups in total. The van der Waals surface area contributed by atoms with Crippen molar-refractivity contribution in [3.63, 3.8) is 0 Å². The Labute approximate surface area is 186 Å². The van der Waals surface area contributed by atoms with E-state index in [1.807, 2.05) is 48.7 Å². The maximum absolute atomic E-state index is 5.03. The lowest BCUT2D eigenvalue weighted by molar-refractivity contribution is 0.445. The molecule has 1 fully saturated rings. The van der Waals surface area contributed by atoms with E-state index in [1.54, 1.807) is 6.20 Å². The average molecular weight is 418 g/mol. The van der Waals surface area contributed by atoms with Crippen molar-refractivity contribution in [3.05, 3.63) is 91.3 Å². The van der Waals surface area contributed by atoms with Crippen LogP contribution in [0.1, 0.15) is 19.3 Å². The molecule has 0 atom stereocenters. The van der Waals surface area contributed by atoms with Crippen LogP contribution in [0.3, 0.4) is 0 Å². The highest BCUT2D eigenvalue weighted by Crippen LogP contribution is 2.30. The number of aromatic nitrogens is 4. The molecule has 1 aliphatic carbocycles. The molecule has 3 aromatic heterocycles. The van der Waals surface area contributed by atoms with E-state index in [0.29, 0.717) is 6.04 Å². The first kappa shape index (κ1) is 18.8. The number of nitrogens with zero attached hydrogens (tertiary/aromatic N) is 4. The summed E-state index contributed by atoms with van der Waals surface area (Å²) in [5, 5.41) is 3.61. The molecule has 0 amide bonds. The van der Waals surface area contributed by atoms with Gasteiger partial charge in [0.2, 0.25) is 0 Å². The first-order valence-corrected chi connectivity index (χ1v) is 11.1. The van der Waals surface area contributed by atoms with Crippen molar-refractivity contribution < 1.29 is 0 Å². The van der Waals surface area contributed by atoms with E-state index in [2.05, 4.69) is 51.3 Å². The van der Waals surface area contributed by atoms with Crippen molar-refractivity contribution in [1.29, 1.82) is 0 Å². The van der Waals surface area contributed by atoms with Crippen molar-refractivity contribution in [2.45, 2.75) is 25.3 Å². The van der Waals surface area contributed by atoms with Crippen molar-refractivity contribution in [1.82, 2.24) is 19.5 Å². The van der Waals surface area contributed by atoms with Crippen LogP contribution >= 0.6 is 0 Å². The van der Waals surface area contributed by atoms with Crippen LogP contribution in [0.4, 0.5) is 5.69 Å². The van der Waals surface area contributed by atoms with Gasteiger partial charge in [-0.05, 0) is 67.8 Å². The normalized spacial score (nSPS) is 13.8. The zero-order valence-corrected chi connectivity index (χ0v) is 17.6. The summed E-state index contributed by atoms with van der Waals surface area (Å²) >= 11 is 0. The smallest absolute Gasteiger partial charge is 0.165 e. The number of nitrogens with one attached hydrogen (secondary N) is 1. The minimum atomic E-state index is 0.607. The Hall–Kier alpha value is -3.99. The Morgan fingerprint density at radius 3 is 2.31 bits per heavy atom. The number of fused-ring (bicyclic) bond motifs is 1. The Morgan fingerprint density at radius 2 is 1.59 bits per heavy atom. The summed E-state index contributed by atoms with van der Waals surface area (Å²) in [5.41, 5.74) is 6.87. The largest absolute Gasteiger partial charge is 0.382 e. The van der Waals surface area contributed by atoms with Crippen molar-refractivity contribution in [2.24, 2.45) is 0 Å². The summed E-state index contributed by atoms with van der Waals surface area (Å²) in [6.45, 7) is 0. The minimum absolute atomic E-state index is 0.607. The van der Waals surface area contributed by atoms with Crippen LogP contribution in [0, 0.1) is 0 Å². The molecule has 32 heavy (non-hydrogen) atoms. The van der Waals surface area contributed by atoms with Crippen LogP contribution in [0.25, 0.3) is 39.5 Å². The predicted molar refractivity (Wildman–Crippen MR) is 129 cm³/mol. The quantitative estimate of drug-likeness (QED) is 0.375. The van der Waals surface area contributed by atoms with Crippen LogP contribution in [0.2, 0.25) is 0 Å². The molecule has 5 heteroatoms. The average Bonchev–Trinajstić information content (AvgIpc) is 3.22. The van der Waals surface area contributed by atoms with Crippen LogP contribution < -0.4 is 5.32 Å². The summed E-state index contributed by atoms with van der Waals surface area (Å²) in [6, 6.07) is 27.5. The third kappa shape index (κ3) is 3.42. The molecule has 0 aliphatic heterocycles. The molecule has 0 radical (unpaired) electrons. The molecule has 0 spiro atoms. The van der Waals surface area contributed by atoms with Crippen molar-refractivity contribution >= 4 is 16.9 Å². The molecule has 0 bridgehead atoms. The number of pyridine rings is 2. The molecular formula is C27H23N5. The van der Waals surface area contributed by atoms with E-state index >= 15 is 0 Å². The fourth-order valence-corrected chi connectivity index (χ4v) is 4.16. The summed E-state index contributed by atoms with van der Waals surface area (Å²) in [5.74, 6) is 0.838. The van der Waals surface area contributed by atoms with Crippen molar-refractivity contribution in [2.75, 3.05) is 5.32 Å². The van der Waals surface area contributed by atoms with Gasteiger partial charge in [0.15, 0.2) is 5.65 Å². The van der Waals surface area contributed by atoms with Crippen LogP contribution in [0.5, 0.6) is 0 Å². The van der Waals surface area contributed by atoms with E-state index in [9.17, 15) is 0 Å². The Morgan fingerprint density at radius 1 is 0.781 bits per heavy atom. The highest BCUT2D eigenvalue weighted by atomic mass is 15.1. The Kier molecular flexibility index (Phi) is 4.65. The molecular weight excluding hydrogens is 394 g/mol. The van der Waals surface area contributed by atoms with E-state index in [-0.39, 0.29) is 0 Å². The summed E-state index contributed by atoms with van der Waals surface area (Å²) in [4.78, 5) is 14.3. The number of hydrogen-bond donors (Lipinski definition) is 1. The Balaban J connectivity index is 1.50. The monoisotopic (exact) mass is 417 g/mol. The molecule has 1 aliphatic rings. The number of benzene rings is 2. The minimum Gasteiger partial charge on any atom is -0.382 e. The second-order valence-electron chi connectivity index (χ2n) is 8.24. The lowest BCUT2D eigenvalue weighted by Gasteiger charge is -2.27. The summed E-state index contributed by atoms with van der Waals surface area (Å²) in [7, 11) is 0. The van der Waals surface area contributed by atoms with E-state index in [4.69, 9.17) is 9.97 Å². The molecule has 1 saturated carbocycles. The molecule has 156 valence electrons. The van der Waals surface area contributed by atoms with Gasteiger partial charge in [0.25, 0.3) is 0 Å². The van der Waals surface area contributed by atoms with E-state index < -0.39 is 0 Å². The van der Waals surface area contributed by atoms with Gasteiger partial charge >= 0.3 is 0 Å². The lowest BCUT2D eigenvalue weighted by atomic mass is 9.93. The van der Waals surface area contributed by atoms with Gasteiger partial charge in [-0.2, -0.15) is 0 Å². The van der Waals surface area contributed by atoms with E-state index in [1.165, 1.54) is 19.3 Å². The van der Waals surface area contributed by atoms with Gasteiger partial charge in [0.05, 0.1) is 5.69 Å². The zero-order valence-electron chi connectivity index (χ0n) is 17.6. The van der Waals surface area contributed by atoms with Gasteiger partial charge in [0, 0.05) is 40.9 Å². The fourth-order valence-electron chi connectivity index (χ4n) is 4.16. The predicted octanol–water partition coefficient (Wildman–Crippen LogP) is 6.11. The van der Waals surface area contributed by atoms with Crippen LogP contribution in [0.15, 0.2) is 91.3 Å². The van der Waals surface area contributed by atoms with Gasteiger partial charge in [-0.15, -0.1) is 0 Å². The maximum atomic E-state index is 5.03. The van der Waals surface area contributed by atoms with Gasteiger partial charge in [-0.1, -0.05) is 30.3 Å². The highest BCUT2D eigenvalue weighted by Gasteiger charge is 2.18. The van der Waals surface area contributed by atoms with Gasteiger partial charge in [-0.3, -0.25) is 9.55 Å². The number of imidazole rings is 1. The molecule has 5 aromatic rings. The van der Waals surface area contributed by atoms with E-state index in [0.717, 1.165) is 45.2 Å². The fraction of sp³-hybridized carbons (Fsp3) is 0.148. The second kappa shape index (κ2) is 7.93. The SMILES string of the molecule is c1ccc(-c2ccc3nc(-c4cccnc4)n(-c4ccc(NC5CCC5)cc4)c3n2)cc1. The number of rotatable bonds is 5. The third-order valence-electron chi connectivity index (χ3n) is 6.10. The van der Waals surface area contributed by atoms with Gasteiger partial charge in [0.1, 0.15) is 11.3 Å². The first-order chi connectivity index (χ1) is 15.8. The Bertz CT molecular complexity index is 1350. The summed E-state index contributed by atoms with van der Waals surface area (Å²) in [6.07, 6.45) is 7.46. The second-order valence-corrected chi connectivity index (χ2v) is 8.24. The first-order valence-electron chi connectivity index (χ1n) is 11.1. The third-order valence-corrected chi connectivity index (χ3v) is 6.10. The molecule has 0 unspecified atom stereocenters. The zero-order chi connectivity index (χ0) is 21.3. The molecule has 0 saturated heterocycles. The standard InChI is InChI=1S/C27H23N5/c1-2-6-19(7-3-1)24-15-16-25-27(30-24)32(26(31-25)20-8-5-17-28-18-20)23-13-11-22(12-14-23)29-21-9-4-10-21/h1-3,5-8,11-18,21,29H,4,9-10H2. The number of anilines is 1. The van der Waals surface area contributed by atoms with Gasteiger partial charge in [-0.25, -0.2) is 9.97 Å². The van der Waals surface area contributed by atoms with Crippen molar-refractivity contribution in [3.8, 4) is 28.3 Å². The maximum Gasteiger partial charge on any atom is 0.165 e. The van der Waals surface area contributed by atoms with Crippen LogP contribution in [-0.2, 0) is 0 Å². The number of hydrogen-bond acceptors (Lipinski definition) is 4. The topological polar surface area (TPSA) is 55.6 Å². The molecule has 3 heterocycles. The highest BCUT2D eigenvalue weighted by molar-refractivity contribution is 5.82. The van der Waals surface area contributed by atoms with Crippen LogP contribution in [-0.4, -0.2) is 25.6 Å². The summed E-state index contributed by atoms with van der Waals surface area (Å²) < 4.78 is 2.13. The molecule has 6 rings (SSSR count). The van der Waals surface area contributed by atoms with Gasteiger partial charge < -0.3 is 5.32 Å². The lowest BCUT2D eigenvalue weighted by Crippen LogP contribution is -2.26.